The van der Waals surface area contributed by atoms with E-state index in [9.17, 15) is 71.7 Å². The van der Waals surface area contributed by atoms with Crippen LogP contribution in [0, 0.1) is 17.0 Å². The fourth-order valence-electron chi connectivity index (χ4n) is 6.37. The van der Waals surface area contributed by atoms with Crippen LogP contribution >= 0.6 is 47.8 Å². The van der Waals surface area contributed by atoms with E-state index < -0.39 is 168 Å². The average Bonchev–Trinajstić information content (AvgIpc) is 3.67. The number of hydrogen-bond acceptors (Lipinski definition) is 16. The number of nitrogens with zero attached hydrogens (tertiary/aromatic N) is 1. The van der Waals surface area contributed by atoms with Gasteiger partial charge in [-0.25, -0.2) is 8.78 Å². The number of carbonyl (C=O) groups excluding carboxylic acids is 10. The van der Waals surface area contributed by atoms with Crippen molar-refractivity contribution in [2.45, 2.75) is 86.9 Å². The van der Waals surface area contributed by atoms with Crippen LogP contribution < -0.4 is 59.7 Å². The second-order valence-corrected chi connectivity index (χ2v) is 17.1. The Kier molecular flexibility index (Phi) is 25.0. The van der Waals surface area contributed by atoms with Crippen LogP contribution in [0.1, 0.15) is 37.7 Å². The molecule has 1 fully saturated rings. The number of nitrogens with one attached hydrogen (secondary N) is 9. The van der Waals surface area contributed by atoms with Crippen LogP contribution in [-0.2, 0) is 59.2 Å². The number of carboxylic acid groups (broad SMARTS) is 1. The van der Waals surface area contributed by atoms with E-state index in [1.54, 1.807) is 0 Å². The van der Waals surface area contributed by atoms with Crippen molar-refractivity contribution in [2.24, 2.45) is 17.2 Å². The van der Waals surface area contributed by atoms with Gasteiger partial charge in [0.05, 0.1) is 44.1 Å². The van der Waals surface area contributed by atoms with Crippen molar-refractivity contribution in [1.29, 1.82) is 5.41 Å². The smallest absolute Gasteiger partial charge is 0.305 e. The number of hydrogen-bond donors (Lipinski definition) is 16. The van der Waals surface area contributed by atoms with Gasteiger partial charge in [0, 0.05) is 66.1 Å². The molecule has 0 saturated carbocycles. The predicted molar refractivity (Wildman–Crippen MR) is 252 cm³/mol. The zero-order chi connectivity index (χ0) is 52.1. The number of aliphatic hydroxyl groups is 1. The van der Waals surface area contributed by atoms with Crippen molar-refractivity contribution in [3.05, 3.63) is 35.4 Å². The van der Waals surface area contributed by atoms with Crippen molar-refractivity contribution in [3.8, 4) is 0 Å². The van der Waals surface area contributed by atoms with Crippen LogP contribution in [0.2, 0.25) is 0 Å². The topological polar surface area (TPSA) is 430 Å². The molecule has 2 rings (SSSR count). The van der Waals surface area contributed by atoms with E-state index in [-0.39, 0.29) is 36.0 Å². The van der Waals surface area contributed by atoms with Gasteiger partial charge >= 0.3 is 5.97 Å². The van der Waals surface area contributed by atoms with Crippen molar-refractivity contribution in [3.63, 3.8) is 0 Å². The maximum Gasteiger partial charge on any atom is 0.305 e. The lowest BCUT2D eigenvalue weighted by Gasteiger charge is -2.27. The Morgan fingerprint density at radius 3 is 1.88 bits per heavy atom. The van der Waals surface area contributed by atoms with E-state index in [0.29, 0.717) is 12.5 Å². The summed E-state index contributed by atoms with van der Waals surface area (Å²) in [7, 11) is 0. The van der Waals surface area contributed by atoms with Crippen LogP contribution in [-0.4, -0.2) is 170 Å². The van der Waals surface area contributed by atoms with Gasteiger partial charge in [0.15, 0.2) is 5.96 Å². The van der Waals surface area contributed by atoms with Gasteiger partial charge in [-0.2, -0.15) is 25.3 Å². The summed E-state index contributed by atoms with van der Waals surface area (Å²) >= 11 is 9.43. The highest BCUT2D eigenvalue weighted by Gasteiger charge is 2.41. The maximum atomic E-state index is 14.1. The third-order valence-electron chi connectivity index (χ3n) is 9.73. The summed E-state index contributed by atoms with van der Waals surface area (Å²) in [6.45, 7) is -2.10. The molecule has 8 atom stereocenters. The SMILES string of the molecule is N=C(N)NCCC[C@H](NC(=O)[C@@H](CS)NC(=O)C(CC(N)=O)NC(=O)C1CC(O)CN1C(=O)CNC(=O)[C@@H](Cc1cc(F)cc(F)c1)NC(=O)CNC(=O)[C@@H](CC(=O)O)NC(=O)[C@H](N)CS)C(=O)I. The Bertz CT molecular complexity index is 2100. The number of aliphatic hydroxyl groups excluding tert-OH is 1. The number of thiol groups is 2. The average molecular weight is 1130 g/mol. The Balaban J connectivity index is 2.20. The molecular formula is C38H54F2IN13O13S2. The monoisotopic (exact) mass is 1130 g/mol. The van der Waals surface area contributed by atoms with Crippen molar-refractivity contribution < 1.29 is 71.7 Å². The molecule has 0 bridgehead atoms. The molecule has 3 unspecified atom stereocenters. The molecule has 0 spiro atoms. The number of primary amides is 1. The lowest BCUT2D eigenvalue weighted by molar-refractivity contribution is -0.141. The quantitative estimate of drug-likeness (QED) is 0.00927. The normalized spacial score (nSPS) is 16.7. The standard InChI is InChI=1S/C38H54F2IN13O13S2/c39-17-4-16(5-18(40)7-17)6-22(49-28(57)11-47-34(64)24(10-30(59)60)51-32(62)20(42)14-68)33(63)48-12-29(58)54-13-19(55)8-26(54)37(67)52-23(9-27(43)56)35(65)53-25(15-69)36(66)50-21(31(41)61)2-1-3-46-38(44)45/h4-5,7,19-26,55,68-69H,1-3,6,8-15,42H2,(H2,43,56)(H,47,64)(H,48,63)(H,49,57)(H,50,66)(H,51,62)(H,52,67)(H,53,65)(H,59,60)(H4,44,45,46)/t19?,20-,21+,22-,23?,24-,25-,26?/m1/s1. The van der Waals surface area contributed by atoms with E-state index in [4.69, 9.17) is 22.6 Å². The van der Waals surface area contributed by atoms with Gasteiger partial charge in [0.25, 0.3) is 0 Å². The van der Waals surface area contributed by atoms with E-state index in [1.807, 2.05) is 0 Å². The molecule has 69 heavy (non-hydrogen) atoms. The first-order valence-electron chi connectivity index (χ1n) is 20.6. The molecule has 0 aromatic heterocycles. The number of guanidine groups is 1. The maximum absolute atomic E-state index is 14.1. The lowest BCUT2D eigenvalue weighted by atomic mass is 10.0. The van der Waals surface area contributed by atoms with E-state index >= 15 is 0 Å². The Morgan fingerprint density at radius 1 is 0.754 bits per heavy atom. The van der Waals surface area contributed by atoms with Gasteiger partial charge < -0.3 is 74.8 Å². The Morgan fingerprint density at radius 2 is 1.32 bits per heavy atom. The Labute approximate surface area is 416 Å². The number of aliphatic carboxylic acids is 1. The highest BCUT2D eigenvalue weighted by atomic mass is 127. The second kappa shape index (κ2) is 29.2. The van der Waals surface area contributed by atoms with Crippen LogP contribution in [0.3, 0.4) is 0 Å². The summed E-state index contributed by atoms with van der Waals surface area (Å²) in [4.78, 5) is 142. The van der Waals surface area contributed by atoms with Crippen molar-refractivity contribution in [2.75, 3.05) is 37.7 Å². The molecule has 17 N–H and O–H groups in total. The zero-order valence-corrected chi connectivity index (χ0v) is 40.4. The Hall–Kier alpha value is -5.93. The summed E-state index contributed by atoms with van der Waals surface area (Å²) in [5, 5.41) is 45.2. The first-order valence-corrected chi connectivity index (χ1v) is 22.9. The summed E-state index contributed by atoms with van der Waals surface area (Å²) in [5.74, 6) is -13.8. The summed E-state index contributed by atoms with van der Waals surface area (Å²) in [6, 6.07) is -8.12. The van der Waals surface area contributed by atoms with Gasteiger partial charge in [0.2, 0.25) is 57.0 Å². The number of benzene rings is 1. The molecule has 31 heteroatoms. The zero-order valence-electron chi connectivity index (χ0n) is 36.4. The van der Waals surface area contributed by atoms with Gasteiger partial charge in [0.1, 0.15) is 41.8 Å². The van der Waals surface area contributed by atoms with E-state index in [1.165, 1.54) is 22.6 Å². The van der Waals surface area contributed by atoms with Gasteiger partial charge in [-0.3, -0.25) is 58.1 Å². The number of nitrogens with two attached hydrogens (primary N) is 3. The number of rotatable bonds is 28. The number of amides is 9. The van der Waals surface area contributed by atoms with Crippen molar-refractivity contribution in [1.82, 2.24) is 47.4 Å². The molecule has 1 saturated heterocycles. The fourth-order valence-corrected chi connectivity index (χ4v) is 7.26. The molecule has 1 heterocycles. The van der Waals surface area contributed by atoms with Crippen LogP contribution in [0.5, 0.6) is 0 Å². The second-order valence-electron chi connectivity index (χ2n) is 15.3. The molecule has 382 valence electrons. The molecule has 1 aliphatic heterocycles. The third kappa shape index (κ3) is 21.1. The van der Waals surface area contributed by atoms with Crippen LogP contribution in [0.15, 0.2) is 18.2 Å². The minimum atomic E-state index is -1.75. The van der Waals surface area contributed by atoms with Crippen LogP contribution in [0.4, 0.5) is 8.78 Å². The third-order valence-corrected chi connectivity index (χ3v) is 11.2. The number of halogens is 3. The van der Waals surface area contributed by atoms with Gasteiger partial charge in [-0.1, -0.05) is 0 Å². The lowest BCUT2D eigenvalue weighted by Crippen LogP contribution is -2.59. The van der Waals surface area contributed by atoms with Gasteiger partial charge in [-0.15, -0.1) is 0 Å². The van der Waals surface area contributed by atoms with E-state index in [0.717, 1.165) is 17.0 Å². The van der Waals surface area contributed by atoms with E-state index in [2.05, 4.69) is 67.8 Å². The van der Waals surface area contributed by atoms with Crippen LogP contribution in [0.25, 0.3) is 0 Å². The predicted octanol–water partition coefficient (Wildman–Crippen LogP) is -6.11. The summed E-state index contributed by atoms with van der Waals surface area (Å²) in [6.07, 6.45) is -3.62. The van der Waals surface area contributed by atoms with Gasteiger partial charge in [-0.05, 0) is 30.5 Å². The number of likely N-dealkylation sites (tertiary alicyclic amines) is 1. The number of β-amino-alcohol motifs (C(OH)–C–C–N with tert-alkyl or cyclic N) is 1. The minimum absolute atomic E-state index is 0.124. The first-order chi connectivity index (χ1) is 32.3. The largest absolute Gasteiger partial charge is 0.481 e. The number of carbonyl (C=O) groups is 11. The molecule has 1 aromatic carbocycles. The minimum Gasteiger partial charge on any atom is -0.481 e. The molecule has 0 aliphatic carbocycles. The summed E-state index contributed by atoms with van der Waals surface area (Å²) in [5.41, 5.74) is 16.0. The molecule has 9 amide bonds. The molecule has 1 aromatic rings. The molecular weight excluding hydrogens is 1080 g/mol. The highest BCUT2D eigenvalue weighted by molar-refractivity contribution is 14.1. The summed E-state index contributed by atoms with van der Waals surface area (Å²) < 4.78 is 27.8. The molecule has 26 nitrogen and oxygen atoms in total. The molecule has 1 aliphatic rings. The first kappa shape index (κ1) is 59.2. The molecule has 0 radical (unpaired) electrons. The highest BCUT2D eigenvalue weighted by Crippen LogP contribution is 2.19. The fraction of sp³-hybridized carbons (Fsp3) is 0.526. The van der Waals surface area contributed by atoms with Crippen molar-refractivity contribution >= 4 is 117 Å². The number of carboxylic acids is 1.